The summed E-state index contributed by atoms with van der Waals surface area (Å²) in [6, 6.07) is 16.8. The van der Waals surface area contributed by atoms with Crippen molar-refractivity contribution in [1.82, 2.24) is 9.91 Å². The van der Waals surface area contributed by atoms with Crippen LogP contribution in [0.25, 0.3) is 0 Å². The molecule has 3 aliphatic rings. The Bertz CT molecular complexity index is 1220. The van der Waals surface area contributed by atoms with E-state index in [1.807, 2.05) is 63.2 Å². The fourth-order valence-electron chi connectivity index (χ4n) is 5.89. The molecule has 170 valence electrons. The van der Waals surface area contributed by atoms with Crippen LogP contribution in [0.1, 0.15) is 44.7 Å². The fraction of sp³-hybridized carbons (Fsp3) is 0.385. The van der Waals surface area contributed by atoms with E-state index >= 15 is 0 Å². The third-order valence-corrected chi connectivity index (χ3v) is 7.49. The van der Waals surface area contributed by atoms with Crippen LogP contribution in [0.15, 0.2) is 59.7 Å². The van der Waals surface area contributed by atoms with Crippen LogP contribution in [0.2, 0.25) is 5.02 Å². The Balaban J connectivity index is 1.63. The monoisotopic (exact) mass is 463 g/mol. The summed E-state index contributed by atoms with van der Waals surface area (Å²) in [6.45, 7) is 8.02. The van der Waals surface area contributed by atoms with Crippen LogP contribution in [0.3, 0.4) is 0 Å². The molecule has 1 aliphatic carbocycles. The average Bonchev–Trinajstić information content (AvgIpc) is 3.19. The number of hydrogen-bond donors (Lipinski definition) is 0. The van der Waals surface area contributed by atoms with Crippen LogP contribution < -0.4 is 0 Å². The summed E-state index contributed by atoms with van der Waals surface area (Å²) < 4.78 is 0. The van der Waals surface area contributed by atoms with Crippen LogP contribution in [0.4, 0.5) is 0 Å². The maximum atomic E-state index is 14.0. The molecule has 0 bridgehead atoms. The van der Waals surface area contributed by atoms with Crippen molar-refractivity contribution in [1.29, 1.82) is 0 Å². The molecule has 6 nitrogen and oxygen atoms in total. The van der Waals surface area contributed by atoms with Gasteiger partial charge in [-0.1, -0.05) is 54.1 Å². The summed E-state index contributed by atoms with van der Waals surface area (Å²) in [5.74, 6) is -1.77. The van der Waals surface area contributed by atoms with E-state index in [9.17, 15) is 14.4 Å². The first kappa shape index (κ1) is 21.8. The molecular formula is C26H26ClN3O3. The Labute approximate surface area is 198 Å². The first-order chi connectivity index (χ1) is 15.5. The van der Waals surface area contributed by atoms with Gasteiger partial charge in [0.25, 0.3) is 11.8 Å². The lowest BCUT2D eigenvalue weighted by atomic mass is 9.86. The number of carbonyl (C=O) groups excluding carboxylic acids is 3. The number of nitrogens with zero attached hydrogens (tertiary/aromatic N) is 3. The smallest absolute Gasteiger partial charge is 0.291 e. The molecule has 0 radical (unpaired) electrons. The summed E-state index contributed by atoms with van der Waals surface area (Å²) in [5, 5.41) is 6.63. The Hall–Kier alpha value is -2.99. The number of carbonyl (C=O) groups is 3. The lowest BCUT2D eigenvalue weighted by Gasteiger charge is -2.29. The molecule has 33 heavy (non-hydrogen) atoms. The number of hydrogen-bond acceptors (Lipinski definition) is 4. The average molecular weight is 464 g/mol. The van der Waals surface area contributed by atoms with Crippen molar-refractivity contribution in [2.75, 3.05) is 6.54 Å². The van der Waals surface area contributed by atoms with Crippen LogP contribution >= 0.6 is 11.6 Å². The van der Waals surface area contributed by atoms with E-state index in [0.717, 1.165) is 11.1 Å². The first-order valence-corrected chi connectivity index (χ1v) is 11.5. The second-order valence-electron chi connectivity index (χ2n) is 10.2. The summed E-state index contributed by atoms with van der Waals surface area (Å²) in [5.41, 5.74) is -0.625. The van der Waals surface area contributed by atoms with Crippen molar-refractivity contribution in [3.63, 3.8) is 0 Å². The molecule has 1 saturated carbocycles. The van der Waals surface area contributed by atoms with E-state index in [1.165, 1.54) is 5.01 Å². The van der Waals surface area contributed by atoms with Crippen molar-refractivity contribution in [3.8, 4) is 0 Å². The van der Waals surface area contributed by atoms with Crippen molar-refractivity contribution in [2.45, 2.75) is 45.7 Å². The fourth-order valence-corrected chi connectivity index (χ4v) is 6.09. The third-order valence-electron chi connectivity index (χ3n) is 7.26. The van der Waals surface area contributed by atoms with Gasteiger partial charge in [0, 0.05) is 24.0 Å². The Morgan fingerprint density at radius 1 is 1.06 bits per heavy atom. The Kier molecular flexibility index (Phi) is 4.63. The second kappa shape index (κ2) is 7.00. The number of likely N-dealkylation sites (tertiary alicyclic amines) is 1. The van der Waals surface area contributed by atoms with Gasteiger partial charge in [-0.3, -0.25) is 14.4 Å². The molecule has 2 aromatic carbocycles. The minimum atomic E-state index is -1.19. The van der Waals surface area contributed by atoms with Crippen molar-refractivity contribution >= 4 is 34.9 Å². The summed E-state index contributed by atoms with van der Waals surface area (Å²) in [7, 11) is 0. The number of halogens is 1. The Morgan fingerprint density at radius 2 is 1.76 bits per heavy atom. The van der Waals surface area contributed by atoms with Crippen LogP contribution in [-0.4, -0.2) is 45.3 Å². The zero-order chi connectivity index (χ0) is 23.8. The van der Waals surface area contributed by atoms with Gasteiger partial charge in [-0.2, -0.15) is 5.10 Å². The molecule has 2 fully saturated rings. The summed E-state index contributed by atoms with van der Waals surface area (Å²) >= 11 is 6.29. The molecule has 7 heteroatoms. The van der Waals surface area contributed by atoms with Gasteiger partial charge < -0.3 is 4.90 Å². The topological polar surface area (TPSA) is 70.1 Å². The van der Waals surface area contributed by atoms with E-state index in [0.29, 0.717) is 17.3 Å². The summed E-state index contributed by atoms with van der Waals surface area (Å²) in [4.78, 5) is 42.5. The number of benzene rings is 2. The van der Waals surface area contributed by atoms with E-state index in [2.05, 4.69) is 5.10 Å². The molecule has 0 aromatic heterocycles. The second-order valence-corrected chi connectivity index (χ2v) is 10.7. The van der Waals surface area contributed by atoms with Crippen molar-refractivity contribution in [3.05, 3.63) is 70.7 Å². The highest BCUT2D eigenvalue weighted by Crippen LogP contribution is 2.79. The minimum absolute atomic E-state index is 0.174. The number of fused-ring (bicyclic) bond motifs is 1. The number of Topliss-reactive ketones (excluding diaryl/α,β-unsaturated/α-hetero) is 1. The molecule has 2 aromatic rings. The SMILES string of the molecule is CC1=NN(C(C)(C)C)C(=O)C12[C@@H](c1cccc(Cl)c1)C21CN(Cc2ccccc2)C(=O)C1=O. The highest BCUT2D eigenvalue weighted by molar-refractivity contribution is 6.45. The van der Waals surface area contributed by atoms with Crippen LogP contribution in [-0.2, 0) is 20.9 Å². The molecule has 2 amide bonds. The lowest BCUT2D eigenvalue weighted by Crippen LogP contribution is -2.44. The largest absolute Gasteiger partial charge is 0.331 e. The molecule has 2 unspecified atom stereocenters. The van der Waals surface area contributed by atoms with Crippen LogP contribution in [0, 0.1) is 10.8 Å². The predicted molar refractivity (Wildman–Crippen MR) is 126 cm³/mol. The third kappa shape index (κ3) is 2.80. The zero-order valence-electron chi connectivity index (χ0n) is 19.1. The lowest BCUT2D eigenvalue weighted by molar-refractivity contribution is -0.143. The van der Waals surface area contributed by atoms with E-state index < -0.39 is 34.0 Å². The number of ketones is 1. The van der Waals surface area contributed by atoms with Gasteiger partial charge in [0.1, 0.15) is 5.41 Å². The standard InChI is InChI=1S/C26H26ClN3O3/c1-16-26(23(33)30(28-16)24(2,3)4)20(18-11-8-12-19(27)13-18)25(26)15-29(22(32)21(25)31)14-17-9-6-5-7-10-17/h5-13,20H,14-15H2,1-4H3/t20-,25?,26?/m0/s1. The molecule has 2 heterocycles. The highest BCUT2D eigenvalue weighted by atomic mass is 35.5. The number of rotatable bonds is 3. The molecule has 1 saturated heterocycles. The molecule has 2 spiro atoms. The van der Waals surface area contributed by atoms with Gasteiger partial charge in [0.05, 0.1) is 16.7 Å². The van der Waals surface area contributed by atoms with Gasteiger partial charge in [0.2, 0.25) is 5.78 Å². The van der Waals surface area contributed by atoms with Gasteiger partial charge in [-0.15, -0.1) is 0 Å². The van der Waals surface area contributed by atoms with Gasteiger partial charge in [0.15, 0.2) is 0 Å². The van der Waals surface area contributed by atoms with Gasteiger partial charge in [-0.25, -0.2) is 5.01 Å². The first-order valence-electron chi connectivity index (χ1n) is 11.1. The number of amides is 2. The maximum Gasteiger partial charge on any atom is 0.291 e. The predicted octanol–water partition coefficient (Wildman–Crippen LogP) is 4.04. The Morgan fingerprint density at radius 3 is 2.36 bits per heavy atom. The van der Waals surface area contributed by atoms with Crippen molar-refractivity contribution in [2.24, 2.45) is 15.9 Å². The van der Waals surface area contributed by atoms with E-state index in [4.69, 9.17) is 11.6 Å². The minimum Gasteiger partial charge on any atom is -0.331 e. The molecule has 0 N–H and O–H groups in total. The van der Waals surface area contributed by atoms with Crippen molar-refractivity contribution < 1.29 is 14.4 Å². The zero-order valence-corrected chi connectivity index (χ0v) is 19.9. The van der Waals surface area contributed by atoms with Gasteiger partial charge >= 0.3 is 0 Å². The molecule has 5 rings (SSSR count). The molecule has 2 aliphatic heterocycles. The normalized spacial score (nSPS) is 28.9. The van der Waals surface area contributed by atoms with E-state index in [1.54, 1.807) is 24.0 Å². The molecular weight excluding hydrogens is 438 g/mol. The van der Waals surface area contributed by atoms with Gasteiger partial charge in [-0.05, 0) is 51.0 Å². The number of hydrazone groups is 1. The highest BCUT2D eigenvalue weighted by Gasteiger charge is 2.90. The summed E-state index contributed by atoms with van der Waals surface area (Å²) in [6.07, 6.45) is 0. The quantitative estimate of drug-likeness (QED) is 0.645. The molecule has 3 atom stereocenters. The maximum absolute atomic E-state index is 14.0. The van der Waals surface area contributed by atoms with E-state index in [-0.39, 0.29) is 12.5 Å². The van der Waals surface area contributed by atoms with Crippen LogP contribution in [0.5, 0.6) is 0 Å².